The zero-order chi connectivity index (χ0) is 13.3. The van der Waals surface area contributed by atoms with Crippen LogP contribution in [0.4, 0.5) is 4.39 Å². The molecule has 1 aromatic heterocycles. The van der Waals surface area contributed by atoms with Crippen LogP contribution in [0.15, 0.2) is 24.3 Å². The van der Waals surface area contributed by atoms with Crippen LogP contribution in [0.2, 0.25) is 0 Å². The van der Waals surface area contributed by atoms with Crippen LogP contribution in [0.1, 0.15) is 16.6 Å². The Morgan fingerprint density at radius 1 is 1.50 bits per heavy atom. The maximum Gasteiger partial charge on any atom is 0.263 e. The summed E-state index contributed by atoms with van der Waals surface area (Å²) in [5.74, 6) is 0.0254. The first-order chi connectivity index (χ1) is 8.52. The first kappa shape index (κ1) is 13.3. The van der Waals surface area contributed by atoms with E-state index in [9.17, 15) is 9.18 Å². The number of rotatable bonds is 3. The second-order valence-corrected chi connectivity index (χ2v) is 5.60. The number of hydrogen-bond acceptors (Lipinski definition) is 2. The minimum absolute atomic E-state index is 0.0267. The number of fused-ring (bicyclic) bond motifs is 1. The molecule has 0 bridgehead atoms. The molecule has 0 radical (unpaired) electrons. The van der Waals surface area contributed by atoms with Gasteiger partial charge in [-0.3, -0.25) is 4.79 Å². The standard InChI is InChI=1S/C13H13ClFNOS/c1-8(7-14)16(2)13(17)12-5-9-3-4-10(15)6-11(9)18-12/h3-6,8H,7H2,1-2H3. The lowest BCUT2D eigenvalue weighted by atomic mass is 10.2. The van der Waals surface area contributed by atoms with Crippen molar-refractivity contribution in [2.45, 2.75) is 13.0 Å². The molecule has 0 aliphatic carbocycles. The van der Waals surface area contributed by atoms with E-state index in [1.165, 1.54) is 23.5 Å². The van der Waals surface area contributed by atoms with E-state index in [0.717, 1.165) is 10.1 Å². The van der Waals surface area contributed by atoms with Gasteiger partial charge in [-0.1, -0.05) is 6.07 Å². The van der Waals surface area contributed by atoms with E-state index in [2.05, 4.69) is 0 Å². The molecule has 2 nitrogen and oxygen atoms in total. The maximum atomic E-state index is 13.1. The summed E-state index contributed by atoms with van der Waals surface area (Å²) in [5, 5.41) is 0.886. The van der Waals surface area contributed by atoms with Crippen molar-refractivity contribution < 1.29 is 9.18 Å². The van der Waals surface area contributed by atoms with Crippen LogP contribution in [-0.4, -0.2) is 29.8 Å². The fraction of sp³-hybridized carbons (Fsp3) is 0.308. The maximum absolute atomic E-state index is 13.1. The van der Waals surface area contributed by atoms with Crippen LogP contribution in [0.5, 0.6) is 0 Å². The zero-order valence-electron chi connectivity index (χ0n) is 10.1. The van der Waals surface area contributed by atoms with Gasteiger partial charge in [-0.05, 0) is 30.5 Å². The van der Waals surface area contributed by atoms with Gasteiger partial charge in [0.2, 0.25) is 0 Å². The SMILES string of the molecule is CC(CCl)N(C)C(=O)c1cc2ccc(F)cc2s1. The topological polar surface area (TPSA) is 20.3 Å². The molecule has 0 fully saturated rings. The van der Waals surface area contributed by atoms with Gasteiger partial charge in [-0.15, -0.1) is 22.9 Å². The molecule has 5 heteroatoms. The van der Waals surface area contributed by atoms with Crippen molar-refractivity contribution in [3.8, 4) is 0 Å². The molecular weight excluding hydrogens is 273 g/mol. The van der Waals surface area contributed by atoms with Crippen LogP contribution in [0.3, 0.4) is 0 Å². The van der Waals surface area contributed by atoms with Crippen LogP contribution in [0.25, 0.3) is 10.1 Å². The van der Waals surface area contributed by atoms with Gasteiger partial charge >= 0.3 is 0 Å². The van der Waals surface area contributed by atoms with E-state index in [4.69, 9.17) is 11.6 Å². The summed E-state index contributed by atoms with van der Waals surface area (Å²) in [6.07, 6.45) is 0. The van der Waals surface area contributed by atoms with Crippen molar-refractivity contribution in [1.29, 1.82) is 0 Å². The van der Waals surface area contributed by atoms with Gasteiger partial charge in [0.05, 0.1) is 4.88 Å². The molecule has 1 heterocycles. The van der Waals surface area contributed by atoms with Gasteiger partial charge in [0.25, 0.3) is 5.91 Å². The molecule has 96 valence electrons. The van der Waals surface area contributed by atoms with E-state index in [-0.39, 0.29) is 17.8 Å². The Hall–Kier alpha value is -1.13. The summed E-state index contributed by atoms with van der Waals surface area (Å²) < 4.78 is 13.9. The number of alkyl halides is 1. The smallest absolute Gasteiger partial charge is 0.263 e. The molecule has 0 aliphatic heterocycles. The lowest BCUT2D eigenvalue weighted by Crippen LogP contribution is -2.35. The summed E-state index contributed by atoms with van der Waals surface area (Å²) in [7, 11) is 1.72. The Balaban J connectivity index is 2.33. The van der Waals surface area contributed by atoms with E-state index >= 15 is 0 Å². The third-order valence-corrected chi connectivity index (χ3v) is 4.43. The fourth-order valence-corrected chi connectivity index (χ4v) is 2.87. The van der Waals surface area contributed by atoms with Gasteiger partial charge in [-0.2, -0.15) is 0 Å². The highest BCUT2D eigenvalue weighted by molar-refractivity contribution is 7.20. The number of thiophene rings is 1. The minimum Gasteiger partial charge on any atom is -0.337 e. The summed E-state index contributed by atoms with van der Waals surface area (Å²) in [6, 6.07) is 6.29. The molecule has 0 saturated carbocycles. The van der Waals surface area contributed by atoms with Gasteiger partial charge < -0.3 is 4.90 Å². The Kier molecular flexibility index (Phi) is 3.88. The Morgan fingerprint density at radius 3 is 2.89 bits per heavy atom. The highest BCUT2D eigenvalue weighted by Gasteiger charge is 2.18. The molecular formula is C13H13ClFNOS. The average molecular weight is 286 g/mol. The van der Waals surface area contributed by atoms with Crippen molar-refractivity contribution in [1.82, 2.24) is 4.90 Å². The number of halogens is 2. The van der Waals surface area contributed by atoms with E-state index in [1.54, 1.807) is 24.1 Å². The first-order valence-electron chi connectivity index (χ1n) is 5.55. The molecule has 1 amide bonds. The molecule has 0 aliphatic rings. The molecule has 0 saturated heterocycles. The Labute approximate surface area is 114 Å². The number of carbonyl (C=O) groups excluding carboxylic acids is 1. The first-order valence-corrected chi connectivity index (χ1v) is 6.90. The third-order valence-electron chi connectivity index (χ3n) is 2.90. The van der Waals surface area contributed by atoms with E-state index < -0.39 is 0 Å². The minimum atomic E-state index is -0.286. The van der Waals surface area contributed by atoms with Crippen LogP contribution >= 0.6 is 22.9 Å². The summed E-state index contributed by atoms with van der Waals surface area (Å²) in [4.78, 5) is 14.4. The molecule has 1 atom stereocenters. The van der Waals surface area contributed by atoms with Gasteiger partial charge in [-0.25, -0.2) is 4.39 Å². The summed E-state index contributed by atoms with van der Waals surface area (Å²) in [6.45, 7) is 1.89. The second-order valence-electron chi connectivity index (χ2n) is 4.21. The van der Waals surface area contributed by atoms with Crippen molar-refractivity contribution in [2.75, 3.05) is 12.9 Å². The average Bonchev–Trinajstić information content (AvgIpc) is 2.78. The largest absolute Gasteiger partial charge is 0.337 e. The fourth-order valence-electron chi connectivity index (χ4n) is 1.59. The second kappa shape index (κ2) is 5.24. The van der Waals surface area contributed by atoms with Gasteiger partial charge in [0.1, 0.15) is 5.82 Å². The zero-order valence-corrected chi connectivity index (χ0v) is 11.7. The third kappa shape index (κ3) is 2.49. The number of nitrogens with zero attached hydrogens (tertiary/aromatic N) is 1. The molecule has 2 aromatic rings. The summed E-state index contributed by atoms with van der Waals surface area (Å²) in [5.41, 5.74) is 0. The highest BCUT2D eigenvalue weighted by Crippen LogP contribution is 2.27. The van der Waals surface area contributed by atoms with E-state index in [0.29, 0.717) is 10.8 Å². The van der Waals surface area contributed by atoms with Crippen LogP contribution in [0, 0.1) is 5.82 Å². The number of amides is 1. The molecule has 0 spiro atoms. The normalized spacial score (nSPS) is 12.7. The molecule has 1 aromatic carbocycles. The molecule has 1 unspecified atom stereocenters. The number of carbonyl (C=O) groups is 1. The Bertz CT molecular complexity index is 583. The number of hydrogen-bond donors (Lipinski definition) is 0. The lowest BCUT2D eigenvalue weighted by molar-refractivity contribution is 0.0761. The monoisotopic (exact) mass is 285 g/mol. The molecule has 2 rings (SSSR count). The van der Waals surface area contributed by atoms with E-state index in [1.807, 2.05) is 6.92 Å². The molecule has 18 heavy (non-hydrogen) atoms. The van der Waals surface area contributed by atoms with Crippen molar-refractivity contribution >= 4 is 38.9 Å². The van der Waals surface area contributed by atoms with Crippen LogP contribution < -0.4 is 0 Å². The predicted octanol–water partition coefficient (Wildman–Crippen LogP) is 3.74. The lowest BCUT2D eigenvalue weighted by Gasteiger charge is -2.22. The van der Waals surface area contributed by atoms with Gasteiger partial charge in [0, 0.05) is 23.7 Å². The van der Waals surface area contributed by atoms with Crippen molar-refractivity contribution in [2.24, 2.45) is 0 Å². The van der Waals surface area contributed by atoms with Crippen molar-refractivity contribution in [3.63, 3.8) is 0 Å². The highest BCUT2D eigenvalue weighted by atomic mass is 35.5. The van der Waals surface area contributed by atoms with Crippen LogP contribution in [-0.2, 0) is 0 Å². The Morgan fingerprint density at radius 2 is 2.22 bits per heavy atom. The van der Waals surface area contributed by atoms with Crippen molar-refractivity contribution in [3.05, 3.63) is 35.0 Å². The predicted molar refractivity (Wildman–Crippen MR) is 74.1 cm³/mol. The molecule has 0 N–H and O–H groups in total. The number of benzene rings is 1. The summed E-state index contributed by atoms with van der Waals surface area (Å²) >= 11 is 7.04. The quantitative estimate of drug-likeness (QED) is 0.787. The van der Waals surface area contributed by atoms with Gasteiger partial charge in [0.15, 0.2) is 0 Å².